The molecule has 1 aliphatic heterocycles. The second-order valence-electron chi connectivity index (χ2n) is 9.55. The van der Waals surface area contributed by atoms with Crippen molar-refractivity contribution >= 4 is 20.2 Å². The smallest absolute Gasteiger partial charge is 0.306 e. The van der Waals surface area contributed by atoms with Gasteiger partial charge in [0.1, 0.15) is 0 Å². The Morgan fingerprint density at radius 2 is 1.79 bits per heavy atom. The summed E-state index contributed by atoms with van der Waals surface area (Å²) >= 11 is 0. The third kappa shape index (κ3) is 5.69. The number of ether oxygens (including phenoxy) is 1. The Hall–Kier alpha value is -1.66. The van der Waals surface area contributed by atoms with Crippen molar-refractivity contribution in [2.75, 3.05) is 13.2 Å². The first-order valence-electron chi connectivity index (χ1n) is 10.6. The van der Waals surface area contributed by atoms with Crippen LogP contribution in [0.2, 0.25) is 18.1 Å². The zero-order valence-corrected chi connectivity index (χ0v) is 20.0. The fraction of sp³-hybridized carbons (Fsp3) is 0.652. The van der Waals surface area contributed by atoms with Gasteiger partial charge in [-0.05, 0) is 30.6 Å². The molecule has 0 N–H and O–H groups in total. The highest BCUT2D eigenvalue weighted by atomic mass is 28.4. The van der Waals surface area contributed by atoms with Crippen molar-refractivity contribution in [1.29, 1.82) is 0 Å². The van der Waals surface area contributed by atoms with E-state index in [1.807, 2.05) is 42.2 Å². The molecule has 29 heavy (non-hydrogen) atoms. The first-order chi connectivity index (χ1) is 13.5. The summed E-state index contributed by atoms with van der Waals surface area (Å²) < 4.78 is 11.7. The lowest BCUT2D eigenvalue weighted by atomic mass is 9.89. The predicted octanol–water partition coefficient (Wildman–Crippen LogP) is 4.62. The lowest BCUT2D eigenvalue weighted by molar-refractivity contribution is -0.144. The van der Waals surface area contributed by atoms with Crippen LogP contribution in [0.3, 0.4) is 0 Å². The lowest BCUT2D eigenvalue weighted by Gasteiger charge is -2.39. The van der Waals surface area contributed by atoms with E-state index < -0.39 is 8.32 Å². The molecular formula is C23H37NO4Si. The van der Waals surface area contributed by atoms with Crippen molar-refractivity contribution < 1.29 is 18.8 Å². The van der Waals surface area contributed by atoms with Crippen LogP contribution >= 0.6 is 0 Å². The number of likely N-dealkylation sites (tertiary alicyclic amines) is 1. The molecule has 1 amide bonds. The average molecular weight is 420 g/mol. The molecule has 1 heterocycles. The summed E-state index contributed by atoms with van der Waals surface area (Å²) in [5, 5.41) is 0.0854. The summed E-state index contributed by atoms with van der Waals surface area (Å²) in [4.78, 5) is 27.3. The van der Waals surface area contributed by atoms with Gasteiger partial charge in [0, 0.05) is 18.4 Å². The van der Waals surface area contributed by atoms with E-state index in [1.54, 1.807) is 6.92 Å². The van der Waals surface area contributed by atoms with Crippen molar-refractivity contribution in [2.24, 2.45) is 11.8 Å². The van der Waals surface area contributed by atoms with E-state index in [2.05, 4.69) is 33.9 Å². The average Bonchev–Trinajstić information content (AvgIpc) is 2.85. The van der Waals surface area contributed by atoms with Gasteiger partial charge in [-0.1, -0.05) is 58.0 Å². The van der Waals surface area contributed by atoms with Gasteiger partial charge in [-0.2, -0.15) is 0 Å². The van der Waals surface area contributed by atoms with E-state index >= 15 is 0 Å². The number of esters is 1. The van der Waals surface area contributed by atoms with E-state index in [0.717, 1.165) is 5.56 Å². The van der Waals surface area contributed by atoms with Crippen molar-refractivity contribution in [1.82, 2.24) is 4.90 Å². The number of carbonyl (C=O) groups excluding carboxylic acids is 2. The third-order valence-electron chi connectivity index (χ3n) is 6.53. The van der Waals surface area contributed by atoms with Gasteiger partial charge in [-0.25, -0.2) is 0 Å². The molecule has 0 radical (unpaired) electrons. The van der Waals surface area contributed by atoms with Gasteiger partial charge < -0.3 is 14.1 Å². The summed E-state index contributed by atoms with van der Waals surface area (Å²) in [6.07, 6.45) is 0.248. The van der Waals surface area contributed by atoms with Crippen molar-refractivity contribution in [3.05, 3.63) is 35.9 Å². The van der Waals surface area contributed by atoms with E-state index in [-0.39, 0.29) is 41.2 Å². The van der Waals surface area contributed by atoms with Crippen LogP contribution in [-0.4, -0.2) is 44.3 Å². The minimum absolute atomic E-state index is 0.0854. The SMILES string of the molecule is CCOC(=O)C[C@H]1[C@@H](CO[Si](C)(C)C(C)(C)C)N(Cc2ccccc2)C(=O)[C@@H]1C. The topological polar surface area (TPSA) is 55.8 Å². The standard InChI is InChI=1S/C23H37NO4Si/c1-8-27-21(25)14-19-17(2)22(26)24(15-18-12-10-9-11-13-18)20(19)16-28-29(6,7)23(3,4)5/h9-13,17,19-20H,8,14-16H2,1-7H3/t17-,19-,20-/m1/s1. The Morgan fingerprint density at radius 1 is 1.17 bits per heavy atom. The van der Waals surface area contributed by atoms with E-state index in [9.17, 15) is 9.59 Å². The molecular weight excluding hydrogens is 382 g/mol. The molecule has 0 spiro atoms. The van der Waals surface area contributed by atoms with E-state index in [4.69, 9.17) is 9.16 Å². The fourth-order valence-electron chi connectivity index (χ4n) is 3.60. The van der Waals surface area contributed by atoms with Crippen LogP contribution in [0.25, 0.3) is 0 Å². The second kappa shape index (κ2) is 9.43. The normalized spacial score (nSPS) is 22.8. The monoisotopic (exact) mass is 419 g/mol. The largest absolute Gasteiger partial charge is 0.466 e. The Morgan fingerprint density at radius 3 is 2.34 bits per heavy atom. The van der Waals surface area contributed by atoms with Crippen LogP contribution < -0.4 is 0 Å². The summed E-state index contributed by atoms with van der Waals surface area (Å²) in [5.41, 5.74) is 1.09. The molecule has 2 rings (SSSR count). The third-order valence-corrected chi connectivity index (χ3v) is 11.0. The molecule has 0 saturated carbocycles. The Balaban J connectivity index is 2.26. The summed E-state index contributed by atoms with van der Waals surface area (Å²) in [7, 11) is -1.98. The number of hydrogen-bond acceptors (Lipinski definition) is 4. The molecule has 0 bridgehead atoms. The number of rotatable bonds is 8. The lowest BCUT2D eigenvalue weighted by Crippen LogP contribution is -2.46. The molecule has 5 nitrogen and oxygen atoms in total. The number of benzene rings is 1. The minimum Gasteiger partial charge on any atom is -0.466 e. The Labute approximate surface area is 176 Å². The van der Waals surface area contributed by atoms with Crippen molar-refractivity contribution in [3.8, 4) is 0 Å². The molecule has 1 aromatic rings. The van der Waals surface area contributed by atoms with Crippen molar-refractivity contribution in [3.63, 3.8) is 0 Å². The zero-order chi connectivity index (χ0) is 21.8. The Kier molecular flexibility index (Phi) is 7.68. The first-order valence-corrected chi connectivity index (χ1v) is 13.5. The number of carbonyl (C=O) groups is 2. The van der Waals surface area contributed by atoms with Gasteiger partial charge in [0.05, 0.1) is 25.7 Å². The molecule has 1 aromatic carbocycles. The van der Waals surface area contributed by atoms with Crippen LogP contribution in [0.15, 0.2) is 30.3 Å². The summed E-state index contributed by atoms with van der Waals surface area (Å²) in [5.74, 6) is -0.478. The van der Waals surface area contributed by atoms with Crippen LogP contribution in [0, 0.1) is 11.8 Å². The van der Waals surface area contributed by atoms with Gasteiger partial charge in [-0.3, -0.25) is 9.59 Å². The summed E-state index contributed by atoms with van der Waals surface area (Å²) in [6.45, 7) is 16.1. The van der Waals surface area contributed by atoms with Crippen LogP contribution in [0.4, 0.5) is 0 Å². The van der Waals surface area contributed by atoms with Gasteiger partial charge >= 0.3 is 5.97 Å². The molecule has 6 heteroatoms. The summed E-state index contributed by atoms with van der Waals surface area (Å²) in [6, 6.07) is 9.87. The van der Waals surface area contributed by atoms with Crippen LogP contribution in [0.1, 0.15) is 46.6 Å². The number of amides is 1. The molecule has 0 unspecified atom stereocenters. The fourth-order valence-corrected chi connectivity index (χ4v) is 4.62. The van der Waals surface area contributed by atoms with Gasteiger partial charge in [0.25, 0.3) is 0 Å². The Bertz CT molecular complexity index is 699. The second-order valence-corrected chi connectivity index (χ2v) is 14.4. The maximum Gasteiger partial charge on any atom is 0.306 e. The van der Waals surface area contributed by atoms with Crippen LogP contribution in [0.5, 0.6) is 0 Å². The highest BCUT2D eigenvalue weighted by Gasteiger charge is 2.48. The molecule has 3 atom stereocenters. The van der Waals surface area contributed by atoms with E-state index in [1.165, 1.54) is 0 Å². The molecule has 0 aliphatic carbocycles. The quantitative estimate of drug-likeness (QED) is 0.455. The van der Waals surface area contributed by atoms with Crippen molar-refractivity contribution in [2.45, 2.75) is 71.8 Å². The number of hydrogen-bond donors (Lipinski definition) is 0. The first kappa shape index (κ1) is 23.6. The maximum absolute atomic E-state index is 13.1. The van der Waals surface area contributed by atoms with Gasteiger partial charge in [0.2, 0.25) is 5.91 Å². The predicted molar refractivity (Wildman–Crippen MR) is 118 cm³/mol. The molecule has 1 aliphatic rings. The van der Waals surface area contributed by atoms with E-state index in [0.29, 0.717) is 19.8 Å². The van der Waals surface area contributed by atoms with Gasteiger partial charge in [-0.15, -0.1) is 0 Å². The highest BCUT2D eigenvalue weighted by molar-refractivity contribution is 6.74. The molecule has 0 aromatic heterocycles. The van der Waals surface area contributed by atoms with Gasteiger partial charge in [0.15, 0.2) is 8.32 Å². The molecule has 162 valence electrons. The molecule has 1 fully saturated rings. The zero-order valence-electron chi connectivity index (χ0n) is 19.0. The molecule has 1 saturated heterocycles. The maximum atomic E-state index is 13.1. The minimum atomic E-state index is -1.98. The van der Waals surface area contributed by atoms with Crippen LogP contribution in [-0.2, 0) is 25.3 Å². The number of nitrogens with zero attached hydrogens (tertiary/aromatic N) is 1. The highest BCUT2D eigenvalue weighted by Crippen LogP contribution is 2.39.